The fourth-order valence-corrected chi connectivity index (χ4v) is 1.83. The van der Waals surface area contributed by atoms with Crippen LogP contribution in [-0.2, 0) is 9.31 Å². The van der Waals surface area contributed by atoms with Crippen molar-refractivity contribution in [1.29, 1.82) is 0 Å². The fourth-order valence-electron chi connectivity index (χ4n) is 1.83. The molecule has 1 fully saturated rings. The fraction of sp³-hybridized carbons (Fsp3) is 0.429. The van der Waals surface area contributed by atoms with E-state index in [1.165, 1.54) is 0 Å². The van der Waals surface area contributed by atoms with E-state index >= 15 is 0 Å². The maximum Gasteiger partial charge on any atom is 0.494 e. The van der Waals surface area contributed by atoms with Crippen molar-refractivity contribution in [2.45, 2.75) is 38.9 Å². The standard InChI is InChI=1S/C14H20BNO2/c1-10(16)11-6-8-12(9-7-11)15-17-13(2,3)14(4,5)18-15/h6-9H,1,16H2,2-5H3. The van der Waals surface area contributed by atoms with Crippen LogP contribution in [0.15, 0.2) is 30.8 Å². The van der Waals surface area contributed by atoms with Gasteiger partial charge in [0.1, 0.15) is 0 Å². The zero-order valence-electron chi connectivity index (χ0n) is 11.5. The van der Waals surface area contributed by atoms with Gasteiger partial charge in [-0.3, -0.25) is 0 Å². The molecule has 0 aromatic heterocycles. The highest BCUT2D eigenvalue weighted by molar-refractivity contribution is 6.62. The minimum absolute atomic E-state index is 0.312. The van der Waals surface area contributed by atoms with Gasteiger partial charge in [0.2, 0.25) is 0 Å². The molecule has 2 rings (SSSR count). The molecule has 0 saturated carbocycles. The monoisotopic (exact) mass is 245 g/mol. The Kier molecular flexibility index (Phi) is 3.03. The van der Waals surface area contributed by atoms with Gasteiger partial charge >= 0.3 is 7.12 Å². The molecule has 96 valence electrons. The lowest BCUT2D eigenvalue weighted by atomic mass is 9.79. The molecule has 1 aliphatic heterocycles. The van der Waals surface area contributed by atoms with Crippen LogP contribution in [0.2, 0.25) is 0 Å². The molecule has 0 bridgehead atoms. The van der Waals surface area contributed by atoms with E-state index in [0.717, 1.165) is 11.0 Å². The largest absolute Gasteiger partial charge is 0.494 e. The van der Waals surface area contributed by atoms with Crippen LogP contribution in [0, 0.1) is 0 Å². The molecule has 3 nitrogen and oxygen atoms in total. The first-order valence-corrected chi connectivity index (χ1v) is 6.13. The van der Waals surface area contributed by atoms with Gasteiger partial charge in [-0.05, 0) is 38.7 Å². The molecule has 0 aliphatic carbocycles. The average molecular weight is 245 g/mol. The molecule has 0 radical (unpaired) electrons. The molecular formula is C14H20BNO2. The van der Waals surface area contributed by atoms with E-state index < -0.39 is 0 Å². The highest BCUT2D eigenvalue weighted by Crippen LogP contribution is 2.36. The lowest BCUT2D eigenvalue weighted by Gasteiger charge is -2.32. The van der Waals surface area contributed by atoms with Crippen molar-refractivity contribution in [3.05, 3.63) is 36.4 Å². The van der Waals surface area contributed by atoms with E-state index in [1.807, 2.05) is 52.0 Å². The third kappa shape index (κ3) is 2.18. The van der Waals surface area contributed by atoms with E-state index in [1.54, 1.807) is 0 Å². The van der Waals surface area contributed by atoms with Crippen LogP contribution in [0.1, 0.15) is 33.3 Å². The molecule has 0 amide bonds. The minimum atomic E-state index is -0.324. The van der Waals surface area contributed by atoms with Gasteiger partial charge in [0.25, 0.3) is 0 Å². The lowest BCUT2D eigenvalue weighted by Crippen LogP contribution is -2.41. The van der Waals surface area contributed by atoms with Crippen LogP contribution in [0.4, 0.5) is 0 Å². The maximum atomic E-state index is 5.97. The summed E-state index contributed by atoms with van der Waals surface area (Å²) < 4.78 is 11.9. The SMILES string of the molecule is C=C(N)c1ccc(B2OC(C)(C)C(C)(C)O2)cc1. The molecule has 1 aromatic carbocycles. The van der Waals surface area contributed by atoms with Crippen LogP contribution in [0.25, 0.3) is 5.70 Å². The third-order valence-corrected chi connectivity index (χ3v) is 3.81. The number of rotatable bonds is 2. The predicted octanol–water partition coefficient (Wildman–Crippen LogP) is 1.92. The van der Waals surface area contributed by atoms with Crippen molar-refractivity contribution in [3.8, 4) is 0 Å². The Bertz CT molecular complexity index is 449. The van der Waals surface area contributed by atoms with E-state index in [0.29, 0.717) is 5.70 Å². The molecular weight excluding hydrogens is 225 g/mol. The van der Waals surface area contributed by atoms with Crippen LogP contribution in [-0.4, -0.2) is 18.3 Å². The first-order chi connectivity index (χ1) is 8.23. The van der Waals surface area contributed by atoms with Crippen LogP contribution < -0.4 is 11.2 Å². The smallest absolute Gasteiger partial charge is 0.399 e. The Hall–Kier alpha value is -1.26. The van der Waals surface area contributed by atoms with Crippen molar-refractivity contribution in [2.24, 2.45) is 5.73 Å². The Morgan fingerprint density at radius 3 is 1.89 bits per heavy atom. The molecule has 1 saturated heterocycles. The van der Waals surface area contributed by atoms with Gasteiger partial charge < -0.3 is 15.0 Å². The summed E-state index contributed by atoms with van der Waals surface area (Å²) in [5.74, 6) is 0. The summed E-state index contributed by atoms with van der Waals surface area (Å²) in [4.78, 5) is 0. The first kappa shape index (κ1) is 13.2. The Morgan fingerprint density at radius 2 is 1.50 bits per heavy atom. The second kappa shape index (κ2) is 4.14. The molecule has 1 heterocycles. The minimum Gasteiger partial charge on any atom is -0.399 e. The summed E-state index contributed by atoms with van der Waals surface area (Å²) in [5, 5.41) is 0. The van der Waals surface area contributed by atoms with Gasteiger partial charge in [-0.2, -0.15) is 0 Å². The summed E-state index contributed by atoms with van der Waals surface area (Å²) in [6, 6.07) is 7.80. The third-order valence-electron chi connectivity index (χ3n) is 3.81. The van der Waals surface area contributed by atoms with Crippen molar-refractivity contribution in [1.82, 2.24) is 0 Å². The zero-order valence-corrected chi connectivity index (χ0v) is 11.5. The summed E-state index contributed by atoms with van der Waals surface area (Å²) in [6.07, 6.45) is 0. The van der Waals surface area contributed by atoms with Gasteiger partial charge in [0.15, 0.2) is 0 Å². The second-order valence-corrected chi connectivity index (χ2v) is 5.74. The van der Waals surface area contributed by atoms with Crippen molar-refractivity contribution >= 4 is 18.3 Å². The molecule has 0 unspecified atom stereocenters. The molecule has 0 spiro atoms. The number of hydrogen-bond acceptors (Lipinski definition) is 3. The molecule has 1 aromatic rings. The maximum absolute atomic E-state index is 5.97. The summed E-state index contributed by atoms with van der Waals surface area (Å²) in [5.41, 5.74) is 7.51. The lowest BCUT2D eigenvalue weighted by molar-refractivity contribution is 0.00578. The van der Waals surface area contributed by atoms with Crippen molar-refractivity contribution in [2.75, 3.05) is 0 Å². The van der Waals surface area contributed by atoms with Gasteiger partial charge in [0, 0.05) is 5.70 Å². The van der Waals surface area contributed by atoms with E-state index in [4.69, 9.17) is 15.0 Å². The second-order valence-electron chi connectivity index (χ2n) is 5.74. The molecule has 4 heteroatoms. The first-order valence-electron chi connectivity index (χ1n) is 6.13. The Labute approximate surface area is 109 Å². The molecule has 1 aliphatic rings. The van der Waals surface area contributed by atoms with Crippen molar-refractivity contribution in [3.63, 3.8) is 0 Å². The van der Waals surface area contributed by atoms with Gasteiger partial charge in [-0.25, -0.2) is 0 Å². The zero-order chi connectivity index (χ0) is 13.6. The predicted molar refractivity (Wildman–Crippen MR) is 75.4 cm³/mol. The Morgan fingerprint density at radius 1 is 1.06 bits per heavy atom. The molecule has 0 atom stereocenters. The van der Waals surface area contributed by atoms with Crippen LogP contribution in [0.5, 0.6) is 0 Å². The summed E-state index contributed by atoms with van der Waals surface area (Å²) in [7, 11) is -0.324. The van der Waals surface area contributed by atoms with E-state index in [9.17, 15) is 0 Å². The van der Waals surface area contributed by atoms with Crippen LogP contribution >= 0.6 is 0 Å². The number of nitrogens with two attached hydrogens (primary N) is 1. The Balaban J connectivity index is 2.22. The van der Waals surface area contributed by atoms with E-state index in [-0.39, 0.29) is 18.3 Å². The quantitative estimate of drug-likeness (QED) is 0.809. The topological polar surface area (TPSA) is 44.5 Å². The molecule has 2 N–H and O–H groups in total. The summed E-state index contributed by atoms with van der Waals surface area (Å²) >= 11 is 0. The number of benzene rings is 1. The normalized spacial score (nSPS) is 21.0. The summed E-state index contributed by atoms with van der Waals surface area (Å²) in [6.45, 7) is 11.9. The van der Waals surface area contributed by atoms with Gasteiger partial charge in [-0.1, -0.05) is 30.8 Å². The van der Waals surface area contributed by atoms with Crippen LogP contribution in [0.3, 0.4) is 0 Å². The number of hydrogen-bond donors (Lipinski definition) is 1. The van der Waals surface area contributed by atoms with Gasteiger partial charge in [-0.15, -0.1) is 0 Å². The van der Waals surface area contributed by atoms with Crippen molar-refractivity contribution < 1.29 is 9.31 Å². The molecule has 18 heavy (non-hydrogen) atoms. The van der Waals surface area contributed by atoms with E-state index in [2.05, 4.69) is 6.58 Å². The highest BCUT2D eigenvalue weighted by Gasteiger charge is 2.51. The highest BCUT2D eigenvalue weighted by atomic mass is 16.7. The van der Waals surface area contributed by atoms with Gasteiger partial charge in [0.05, 0.1) is 11.2 Å². The average Bonchev–Trinajstić information content (AvgIpc) is 2.48.